The van der Waals surface area contributed by atoms with Crippen molar-refractivity contribution in [1.82, 2.24) is 14.9 Å². The molecule has 11 heteroatoms. The molecule has 0 radical (unpaired) electrons. The number of nitrogens with two attached hydrogens (primary N) is 1. The fraction of sp³-hybridized carbons (Fsp3) is 0.714. The van der Waals surface area contributed by atoms with Crippen molar-refractivity contribution in [3.63, 3.8) is 0 Å². The van der Waals surface area contributed by atoms with Crippen molar-refractivity contribution >= 4 is 17.9 Å². The van der Waals surface area contributed by atoms with Gasteiger partial charge in [-0.05, 0) is 62.3 Å². The molecular formula is C21H26F3N5O3. The van der Waals surface area contributed by atoms with Gasteiger partial charge in [0.05, 0.1) is 5.41 Å². The molecule has 6 rings (SSSR count). The highest BCUT2D eigenvalue weighted by Gasteiger charge is 2.59. The molecule has 1 saturated heterocycles. The molecule has 0 spiro atoms. The van der Waals surface area contributed by atoms with Crippen LogP contribution in [0.1, 0.15) is 44.2 Å². The summed E-state index contributed by atoms with van der Waals surface area (Å²) >= 11 is 0. The Hall–Kier alpha value is -2.59. The van der Waals surface area contributed by atoms with Gasteiger partial charge in [-0.3, -0.25) is 4.79 Å². The maximum Gasteiger partial charge on any atom is 0.433 e. The standard InChI is InChI=1S/C21H26F3N5O3/c22-21(23,24)15-1-3-26-18(28-15)27-14-2-4-29(10-14)19(31)32-16-12-5-11-6-13(16)9-20(7-11,8-12)17(25)30/h1,3,11-14,16H,2,4-10H2,(H2,25,30)(H,26,27,28)/t11?,12-,13?,14+,16?,20-/m0/s1. The Morgan fingerprint density at radius 3 is 2.59 bits per heavy atom. The zero-order valence-corrected chi connectivity index (χ0v) is 17.5. The van der Waals surface area contributed by atoms with Crippen LogP contribution in [-0.4, -0.2) is 52.1 Å². The first-order chi connectivity index (χ1) is 15.1. The zero-order chi connectivity index (χ0) is 22.7. The van der Waals surface area contributed by atoms with Crippen molar-refractivity contribution < 1.29 is 27.5 Å². The lowest BCUT2D eigenvalue weighted by Gasteiger charge is -2.58. The van der Waals surface area contributed by atoms with Crippen molar-refractivity contribution in [2.45, 2.75) is 56.8 Å². The summed E-state index contributed by atoms with van der Waals surface area (Å²) in [6, 6.07) is 0.555. The van der Waals surface area contributed by atoms with Crippen molar-refractivity contribution in [2.24, 2.45) is 28.9 Å². The van der Waals surface area contributed by atoms with E-state index in [9.17, 15) is 22.8 Å². The van der Waals surface area contributed by atoms with Gasteiger partial charge in [-0.2, -0.15) is 13.2 Å². The van der Waals surface area contributed by atoms with Crippen LogP contribution in [-0.2, 0) is 15.7 Å². The Morgan fingerprint density at radius 2 is 1.94 bits per heavy atom. The maximum absolute atomic E-state index is 12.9. The first-order valence-electron chi connectivity index (χ1n) is 11.1. The number of rotatable bonds is 4. The van der Waals surface area contributed by atoms with Crippen LogP contribution in [0.15, 0.2) is 12.3 Å². The van der Waals surface area contributed by atoms with Crippen molar-refractivity contribution in [2.75, 3.05) is 18.4 Å². The van der Waals surface area contributed by atoms with Gasteiger partial charge >= 0.3 is 12.3 Å². The molecule has 1 aromatic heterocycles. The van der Waals surface area contributed by atoms with E-state index in [1.165, 1.54) is 0 Å². The second-order valence-electron chi connectivity index (χ2n) is 9.80. The SMILES string of the molecule is NC(=O)[C@]12CC3CC(C1)C(OC(=O)N1CC[C@@H](Nc4nccc(C(F)(F)F)n4)C1)[C@@H](C3)C2. The van der Waals surface area contributed by atoms with Crippen molar-refractivity contribution in [3.8, 4) is 0 Å². The van der Waals surface area contributed by atoms with Crippen LogP contribution in [0.25, 0.3) is 0 Å². The Morgan fingerprint density at radius 1 is 1.22 bits per heavy atom. The minimum Gasteiger partial charge on any atom is -0.446 e. The van der Waals surface area contributed by atoms with E-state index in [0.29, 0.717) is 38.3 Å². The number of nitrogens with zero attached hydrogens (tertiary/aromatic N) is 3. The van der Waals surface area contributed by atoms with E-state index in [1.807, 2.05) is 0 Å². The number of anilines is 1. The largest absolute Gasteiger partial charge is 0.446 e. The molecular weight excluding hydrogens is 427 g/mol. The molecule has 2 amide bonds. The lowest BCUT2D eigenvalue weighted by atomic mass is 9.48. The Bertz CT molecular complexity index is 910. The van der Waals surface area contributed by atoms with E-state index in [2.05, 4.69) is 15.3 Å². The number of carbonyl (C=O) groups excluding carboxylic acids is 2. The molecule has 4 bridgehead atoms. The third-order valence-electron chi connectivity index (χ3n) is 7.67. The van der Waals surface area contributed by atoms with Crippen LogP contribution in [0.3, 0.4) is 0 Å². The molecule has 1 aromatic rings. The molecule has 4 saturated carbocycles. The summed E-state index contributed by atoms with van der Waals surface area (Å²) in [4.78, 5) is 33.9. The minimum atomic E-state index is -4.55. The van der Waals surface area contributed by atoms with E-state index in [4.69, 9.17) is 10.5 Å². The second kappa shape index (κ2) is 7.48. The van der Waals surface area contributed by atoms with Gasteiger partial charge < -0.3 is 20.7 Å². The van der Waals surface area contributed by atoms with E-state index in [1.54, 1.807) is 4.90 Å². The molecule has 6 atom stereocenters. The lowest BCUT2D eigenvalue weighted by molar-refractivity contribution is -0.161. The highest BCUT2D eigenvalue weighted by atomic mass is 19.4. The number of ether oxygens (including phenoxy) is 1. The van der Waals surface area contributed by atoms with E-state index < -0.39 is 23.4 Å². The van der Waals surface area contributed by atoms with Crippen LogP contribution in [0.5, 0.6) is 0 Å². The predicted molar refractivity (Wildman–Crippen MR) is 106 cm³/mol. The Kier molecular flexibility index (Phi) is 4.97. The van der Waals surface area contributed by atoms with Gasteiger partial charge in [-0.25, -0.2) is 14.8 Å². The van der Waals surface area contributed by atoms with Crippen LogP contribution < -0.4 is 11.1 Å². The topological polar surface area (TPSA) is 110 Å². The van der Waals surface area contributed by atoms with Gasteiger partial charge in [0.2, 0.25) is 11.9 Å². The molecule has 0 aromatic carbocycles. The summed E-state index contributed by atoms with van der Waals surface area (Å²) in [6.45, 7) is 0.736. The van der Waals surface area contributed by atoms with Crippen LogP contribution in [0.4, 0.5) is 23.9 Å². The highest BCUT2D eigenvalue weighted by Crippen LogP contribution is 2.60. The van der Waals surface area contributed by atoms with Crippen molar-refractivity contribution in [1.29, 1.82) is 0 Å². The summed E-state index contributed by atoms with van der Waals surface area (Å²) in [7, 11) is 0. The molecule has 1 aliphatic heterocycles. The summed E-state index contributed by atoms with van der Waals surface area (Å²) in [5, 5.41) is 2.89. The van der Waals surface area contributed by atoms with Gasteiger partial charge in [0.1, 0.15) is 11.8 Å². The molecule has 32 heavy (non-hydrogen) atoms. The monoisotopic (exact) mass is 453 g/mol. The average molecular weight is 453 g/mol. The van der Waals surface area contributed by atoms with Gasteiger partial charge in [0.25, 0.3) is 0 Å². The van der Waals surface area contributed by atoms with Gasteiger partial charge in [0, 0.05) is 25.3 Å². The first-order valence-corrected chi connectivity index (χ1v) is 11.1. The third-order valence-corrected chi connectivity index (χ3v) is 7.67. The van der Waals surface area contributed by atoms with Gasteiger partial charge in [-0.15, -0.1) is 0 Å². The summed E-state index contributed by atoms with van der Waals surface area (Å²) in [6.07, 6.45) is 0.596. The van der Waals surface area contributed by atoms with E-state index in [0.717, 1.165) is 31.5 Å². The van der Waals surface area contributed by atoms with Gasteiger partial charge in [-0.1, -0.05) is 0 Å². The first kappa shape index (κ1) is 21.3. The normalized spacial score (nSPS) is 35.7. The Labute approximate surface area is 183 Å². The molecule has 5 aliphatic rings. The maximum atomic E-state index is 12.9. The number of nitrogens with one attached hydrogen (secondary N) is 1. The van der Waals surface area contributed by atoms with Crippen LogP contribution in [0, 0.1) is 23.2 Å². The fourth-order valence-corrected chi connectivity index (χ4v) is 6.48. The quantitative estimate of drug-likeness (QED) is 0.726. The molecule has 3 N–H and O–H groups in total. The molecule has 8 nitrogen and oxygen atoms in total. The smallest absolute Gasteiger partial charge is 0.433 e. The third kappa shape index (κ3) is 3.75. The lowest BCUT2D eigenvalue weighted by Crippen LogP contribution is -2.59. The average Bonchev–Trinajstić information content (AvgIpc) is 3.18. The molecule has 4 aliphatic carbocycles. The highest BCUT2D eigenvalue weighted by molar-refractivity contribution is 5.81. The molecule has 3 unspecified atom stereocenters. The number of hydrogen-bond acceptors (Lipinski definition) is 6. The fourth-order valence-electron chi connectivity index (χ4n) is 6.48. The van der Waals surface area contributed by atoms with E-state index in [-0.39, 0.29) is 35.8 Å². The predicted octanol–water partition coefficient (Wildman–Crippen LogP) is 2.80. The van der Waals surface area contributed by atoms with Gasteiger partial charge in [0.15, 0.2) is 0 Å². The number of alkyl halides is 3. The number of primary amides is 1. The number of aromatic nitrogens is 2. The Balaban J connectivity index is 1.18. The molecule has 2 heterocycles. The minimum absolute atomic E-state index is 0.113. The number of hydrogen-bond donors (Lipinski definition) is 2. The van der Waals surface area contributed by atoms with Crippen LogP contribution >= 0.6 is 0 Å². The van der Waals surface area contributed by atoms with Crippen molar-refractivity contribution in [3.05, 3.63) is 18.0 Å². The summed E-state index contributed by atoms with van der Waals surface area (Å²) < 4.78 is 44.5. The second-order valence-corrected chi connectivity index (χ2v) is 9.80. The number of halogens is 3. The van der Waals surface area contributed by atoms with Crippen LogP contribution in [0.2, 0.25) is 0 Å². The molecule has 5 fully saturated rings. The summed E-state index contributed by atoms with van der Waals surface area (Å²) in [5.74, 6) is 0.452. The number of amides is 2. The zero-order valence-electron chi connectivity index (χ0n) is 17.5. The van der Waals surface area contributed by atoms with E-state index >= 15 is 0 Å². The number of carbonyl (C=O) groups is 2. The summed E-state index contributed by atoms with van der Waals surface area (Å²) in [5.41, 5.74) is 4.26. The number of likely N-dealkylation sites (tertiary alicyclic amines) is 1. The molecule has 174 valence electrons.